The summed E-state index contributed by atoms with van der Waals surface area (Å²) in [6.45, 7) is 12.4. The monoisotopic (exact) mass is 824 g/mol. The number of hydrogen-bond acceptors (Lipinski definition) is 9. The second-order valence-corrected chi connectivity index (χ2v) is 18.6. The van der Waals surface area contributed by atoms with E-state index in [0.29, 0.717) is 80.1 Å². The Bertz CT molecular complexity index is 1960. The van der Waals surface area contributed by atoms with Gasteiger partial charge in [-0.3, -0.25) is 14.9 Å². The Morgan fingerprint density at radius 3 is 2.67 bits per heavy atom. The van der Waals surface area contributed by atoms with Gasteiger partial charge in [0.25, 0.3) is 0 Å². The number of Topliss-reactive ketones (excluding diaryl/α,β-unsaturated/α-hetero) is 1. The number of nitrogens with one attached hydrogen (secondary N) is 2. The van der Waals surface area contributed by atoms with Gasteiger partial charge in [-0.1, -0.05) is 90.5 Å². The molecule has 10 heteroatoms. The third kappa shape index (κ3) is 10.0. The summed E-state index contributed by atoms with van der Waals surface area (Å²) in [6, 6.07) is 4.77. The molecular weight excluding hydrogens is 755 g/mol. The highest BCUT2D eigenvalue weighted by atomic mass is 16.5. The molecule has 8 N–H and O–H groups in total. The average Bonchev–Trinajstić information content (AvgIpc) is 3.79. The molecule has 6 rings (SSSR count). The molecule has 326 valence electrons. The lowest BCUT2D eigenvalue weighted by molar-refractivity contribution is -0.169. The summed E-state index contributed by atoms with van der Waals surface area (Å²) in [5.74, 6) is 5.24. The van der Waals surface area contributed by atoms with Gasteiger partial charge >= 0.3 is 0 Å². The maximum atomic E-state index is 14.7. The summed E-state index contributed by atoms with van der Waals surface area (Å²) in [5, 5.41) is 53.2. The van der Waals surface area contributed by atoms with Gasteiger partial charge in [0, 0.05) is 30.7 Å². The number of carbonyl (C=O) groups is 2. The molecule has 1 spiro atoms. The number of nitrogens with two attached hydrogens (primary N) is 1. The highest BCUT2D eigenvalue weighted by molar-refractivity contribution is 5.98. The van der Waals surface area contributed by atoms with Crippen LogP contribution in [0.3, 0.4) is 0 Å². The number of amides is 1. The topological polar surface area (TPSA) is 174 Å². The smallest absolute Gasteiger partial charge is 0.243 e. The number of allylic oxidation sites excluding steroid dienone is 8. The number of hydrogen-bond donors (Lipinski definition) is 7. The first-order valence-corrected chi connectivity index (χ1v) is 22.3. The predicted molar refractivity (Wildman–Crippen MR) is 235 cm³/mol. The molecule has 3 saturated carbocycles. The van der Waals surface area contributed by atoms with Crippen molar-refractivity contribution in [1.82, 2.24) is 10.6 Å². The fraction of sp³-hybridized carbons (Fsp3) is 0.600. The van der Waals surface area contributed by atoms with Crippen LogP contribution in [0.25, 0.3) is 0 Å². The highest BCUT2D eigenvalue weighted by Gasteiger charge is 2.64. The highest BCUT2D eigenvalue weighted by Crippen LogP contribution is 2.63. The van der Waals surface area contributed by atoms with Gasteiger partial charge in [0.05, 0.1) is 30.0 Å². The number of ketones is 1. The fourth-order valence-corrected chi connectivity index (χ4v) is 11.0. The van der Waals surface area contributed by atoms with Crippen molar-refractivity contribution >= 4 is 11.7 Å². The van der Waals surface area contributed by atoms with Crippen molar-refractivity contribution in [3.8, 4) is 11.8 Å². The van der Waals surface area contributed by atoms with Crippen molar-refractivity contribution in [2.75, 3.05) is 19.8 Å². The molecule has 1 aromatic carbocycles. The van der Waals surface area contributed by atoms with Gasteiger partial charge in [0.15, 0.2) is 5.78 Å². The number of benzene rings is 1. The van der Waals surface area contributed by atoms with Crippen LogP contribution in [0.5, 0.6) is 0 Å². The summed E-state index contributed by atoms with van der Waals surface area (Å²) < 4.78 is 6.13. The third-order valence-corrected chi connectivity index (χ3v) is 14.4. The zero-order chi connectivity index (χ0) is 43.2. The molecule has 8 atom stereocenters. The van der Waals surface area contributed by atoms with E-state index in [-0.39, 0.29) is 49.7 Å². The van der Waals surface area contributed by atoms with E-state index >= 15 is 0 Å². The molecule has 10 nitrogen and oxygen atoms in total. The van der Waals surface area contributed by atoms with E-state index in [4.69, 9.17) is 10.5 Å². The van der Waals surface area contributed by atoms with Crippen LogP contribution in [0.15, 0.2) is 76.9 Å². The zero-order valence-corrected chi connectivity index (χ0v) is 36.3. The lowest BCUT2D eigenvalue weighted by atomic mass is 9.52. The maximum Gasteiger partial charge on any atom is 0.243 e. The lowest BCUT2D eigenvalue weighted by Crippen LogP contribution is -2.59. The first kappa shape index (κ1) is 45.9. The van der Waals surface area contributed by atoms with Gasteiger partial charge in [-0.15, -0.1) is 0 Å². The summed E-state index contributed by atoms with van der Waals surface area (Å²) in [6.07, 6.45) is 14.7. The van der Waals surface area contributed by atoms with Gasteiger partial charge in [-0.05, 0) is 126 Å². The predicted octanol–water partition coefficient (Wildman–Crippen LogP) is 6.41. The van der Waals surface area contributed by atoms with Gasteiger partial charge < -0.3 is 36.2 Å². The fourth-order valence-electron chi connectivity index (χ4n) is 11.0. The minimum Gasteiger partial charge on any atom is -0.392 e. The molecule has 3 aliphatic carbocycles. The first-order chi connectivity index (χ1) is 28.6. The molecule has 0 aromatic heterocycles. The second kappa shape index (κ2) is 19.6. The van der Waals surface area contributed by atoms with E-state index in [0.717, 1.165) is 42.4 Å². The van der Waals surface area contributed by atoms with Crippen molar-refractivity contribution < 1.29 is 34.8 Å². The van der Waals surface area contributed by atoms with Gasteiger partial charge in [0.2, 0.25) is 5.91 Å². The van der Waals surface area contributed by atoms with Crippen molar-refractivity contribution in [2.45, 2.75) is 153 Å². The number of ether oxygens (including phenoxy) is 1. The Morgan fingerprint density at radius 1 is 1.15 bits per heavy atom. The molecule has 0 saturated heterocycles. The summed E-state index contributed by atoms with van der Waals surface area (Å²) >= 11 is 0. The molecule has 0 bridgehead atoms. The molecule has 1 aromatic rings. The Kier molecular flexibility index (Phi) is 15.0. The molecule has 5 aliphatic rings. The van der Waals surface area contributed by atoms with Crippen molar-refractivity contribution in [3.05, 3.63) is 93.6 Å². The summed E-state index contributed by atoms with van der Waals surface area (Å²) in [4.78, 5) is 27.9. The number of carbonyl (C=O) groups excluding carboxylic acids is 2. The Balaban J connectivity index is 1.36. The lowest BCUT2D eigenvalue weighted by Gasteiger charge is -2.56. The molecular formula is C50H69N3O7. The molecule has 8 unspecified atom stereocenters. The molecule has 2 aliphatic heterocycles. The minimum absolute atomic E-state index is 0.0248. The molecule has 2 heterocycles. The summed E-state index contributed by atoms with van der Waals surface area (Å²) in [5.41, 5.74) is 10.0. The van der Waals surface area contributed by atoms with E-state index in [9.17, 15) is 30.0 Å². The van der Waals surface area contributed by atoms with E-state index < -0.39 is 41.0 Å². The third-order valence-electron chi connectivity index (χ3n) is 14.4. The van der Waals surface area contributed by atoms with Crippen molar-refractivity contribution in [2.24, 2.45) is 23.0 Å². The largest absolute Gasteiger partial charge is 0.392 e. The summed E-state index contributed by atoms with van der Waals surface area (Å²) in [7, 11) is 0. The van der Waals surface area contributed by atoms with Crippen LogP contribution in [0.2, 0.25) is 0 Å². The van der Waals surface area contributed by atoms with Gasteiger partial charge in [0.1, 0.15) is 18.8 Å². The molecule has 3 fully saturated rings. The Morgan fingerprint density at radius 2 is 1.92 bits per heavy atom. The number of rotatable bonds is 10. The second-order valence-electron chi connectivity index (χ2n) is 18.6. The number of aliphatic hydroxyl groups excluding tert-OH is 2. The van der Waals surface area contributed by atoms with Crippen LogP contribution in [0.4, 0.5) is 0 Å². The quantitative estimate of drug-likeness (QED) is 0.0800. The Hall–Kier alpha value is -3.66. The standard InChI is InChI=1S/C50H69N3O7/c1-32-13-6-9-28-60-31-37(18-11-16-33(2)15-10-14-32)39-21-27-50(45(39)56)41(22-26-49(59)23-7-8-24-49)38(20-25-48(50,5)58)35(4)42(55)29-36-17-12-19-40-43(36)44(52-30-34(3)54)47(57)53-46(40)51/h11-12,14,16-19,34,39,41,44-46,52,54,56,58-59H,2,7-8,10,13,15,20-31,51H2,1,3-5H3,(H,53,57). The van der Waals surface area contributed by atoms with E-state index in [2.05, 4.69) is 42.1 Å². The van der Waals surface area contributed by atoms with Gasteiger partial charge in [-0.25, -0.2) is 0 Å². The normalized spacial score (nSPS) is 32.5. The Labute approximate surface area is 357 Å². The minimum atomic E-state index is -1.26. The van der Waals surface area contributed by atoms with Crippen molar-refractivity contribution in [1.29, 1.82) is 0 Å². The van der Waals surface area contributed by atoms with Crippen LogP contribution in [0, 0.1) is 29.1 Å². The van der Waals surface area contributed by atoms with E-state index in [1.165, 1.54) is 5.57 Å². The van der Waals surface area contributed by atoms with E-state index in [1.54, 1.807) is 6.92 Å². The van der Waals surface area contributed by atoms with Crippen LogP contribution < -0.4 is 16.4 Å². The average molecular weight is 824 g/mol. The maximum absolute atomic E-state index is 14.7. The zero-order valence-electron chi connectivity index (χ0n) is 36.3. The first-order valence-electron chi connectivity index (χ1n) is 22.3. The molecule has 0 radical (unpaired) electrons. The number of aliphatic hydroxyl groups is 4. The van der Waals surface area contributed by atoms with Crippen LogP contribution in [-0.2, 0) is 20.7 Å². The van der Waals surface area contributed by atoms with Crippen LogP contribution in [-0.4, -0.2) is 75.3 Å². The van der Waals surface area contributed by atoms with Crippen molar-refractivity contribution in [3.63, 3.8) is 0 Å². The molecule has 1 amide bonds. The molecule has 60 heavy (non-hydrogen) atoms. The van der Waals surface area contributed by atoms with E-state index in [1.807, 2.05) is 50.3 Å². The number of fused-ring (bicyclic) bond motifs is 1. The SMILES string of the molecule is C=C1C=CC=C(C2CCC3(C(CCC4(O)CCCC4)C(=C(C)C(=O)Cc4cccc5c4C(NCC(C)O)C(=O)NC5N)CCC3(C)O)C2O)COCC#CCC(C)=CCC1. The van der Waals surface area contributed by atoms with Crippen LogP contribution >= 0.6 is 0 Å². The van der Waals surface area contributed by atoms with Gasteiger partial charge in [-0.2, -0.15) is 0 Å². The van der Waals surface area contributed by atoms with Crippen LogP contribution in [0.1, 0.15) is 140 Å².